The molecule has 1 aromatic carbocycles. The minimum atomic E-state index is 0.153. The number of benzene rings is 1. The molecule has 2 rings (SSSR count). The number of anilines is 1. The first-order valence-corrected chi connectivity index (χ1v) is 7.33. The van der Waals surface area contributed by atoms with Crippen LogP contribution in [-0.4, -0.2) is 55.5 Å². The molecule has 1 atom stereocenters. The van der Waals surface area contributed by atoms with E-state index in [1.54, 1.807) is 0 Å². The van der Waals surface area contributed by atoms with E-state index in [1.807, 2.05) is 30.0 Å². The van der Waals surface area contributed by atoms with Crippen LogP contribution in [0.1, 0.15) is 29.3 Å². The van der Waals surface area contributed by atoms with Gasteiger partial charge in [0.15, 0.2) is 0 Å². The van der Waals surface area contributed by atoms with Gasteiger partial charge in [-0.3, -0.25) is 4.79 Å². The van der Waals surface area contributed by atoms with Crippen molar-refractivity contribution in [2.45, 2.75) is 26.3 Å². The Balaban J connectivity index is 2.08. The van der Waals surface area contributed by atoms with E-state index in [0.29, 0.717) is 6.04 Å². The molecule has 0 saturated carbocycles. The van der Waals surface area contributed by atoms with Crippen LogP contribution in [0.3, 0.4) is 0 Å². The quantitative estimate of drug-likeness (QED) is 0.915. The summed E-state index contributed by atoms with van der Waals surface area (Å²) in [4.78, 5) is 16.7. The number of rotatable bonds is 4. The lowest BCUT2D eigenvalue weighted by molar-refractivity contribution is 0.0783. The Morgan fingerprint density at radius 2 is 2.20 bits per heavy atom. The van der Waals surface area contributed by atoms with E-state index in [2.05, 4.69) is 31.2 Å². The minimum Gasteiger partial charge on any atom is -0.385 e. The van der Waals surface area contributed by atoms with Crippen LogP contribution in [0.5, 0.6) is 0 Å². The van der Waals surface area contributed by atoms with Crippen LogP contribution in [0.15, 0.2) is 18.2 Å². The summed E-state index contributed by atoms with van der Waals surface area (Å²) in [7, 11) is 4.15. The lowest BCUT2D eigenvalue weighted by atomic mass is 10.1. The Morgan fingerprint density at radius 3 is 2.75 bits per heavy atom. The molecule has 1 heterocycles. The van der Waals surface area contributed by atoms with Gasteiger partial charge >= 0.3 is 0 Å². The molecule has 0 spiro atoms. The summed E-state index contributed by atoms with van der Waals surface area (Å²) in [5, 5.41) is 3.30. The smallest absolute Gasteiger partial charge is 0.253 e. The number of hydrogen-bond acceptors (Lipinski definition) is 3. The average molecular weight is 275 g/mol. The number of carbonyl (C=O) groups excluding carboxylic acids is 1. The lowest BCUT2D eigenvalue weighted by Gasteiger charge is -2.21. The SMILES string of the molecule is CCNc1ccc(C(=O)N2CCC(N(C)C)C2)cc1C. The Bertz CT molecular complexity index is 485. The van der Waals surface area contributed by atoms with Crippen molar-refractivity contribution >= 4 is 11.6 Å². The van der Waals surface area contributed by atoms with Gasteiger partial charge in [0.25, 0.3) is 5.91 Å². The highest BCUT2D eigenvalue weighted by Gasteiger charge is 2.28. The van der Waals surface area contributed by atoms with Gasteiger partial charge in [-0.2, -0.15) is 0 Å². The fourth-order valence-corrected chi connectivity index (χ4v) is 2.72. The minimum absolute atomic E-state index is 0.153. The van der Waals surface area contributed by atoms with Crippen LogP contribution in [-0.2, 0) is 0 Å². The number of likely N-dealkylation sites (tertiary alicyclic amines) is 1. The number of likely N-dealkylation sites (N-methyl/N-ethyl adjacent to an activating group) is 1. The Labute approximate surface area is 121 Å². The van der Waals surface area contributed by atoms with Crippen LogP contribution >= 0.6 is 0 Å². The van der Waals surface area contributed by atoms with Crippen LogP contribution in [0.25, 0.3) is 0 Å². The number of hydrogen-bond donors (Lipinski definition) is 1. The number of carbonyl (C=O) groups is 1. The Hall–Kier alpha value is -1.55. The predicted octanol–water partition coefficient (Wildman–Crippen LogP) is 2.20. The van der Waals surface area contributed by atoms with Gasteiger partial charge in [0.1, 0.15) is 0 Å². The molecule has 20 heavy (non-hydrogen) atoms. The number of amides is 1. The highest BCUT2D eigenvalue weighted by molar-refractivity contribution is 5.95. The fourth-order valence-electron chi connectivity index (χ4n) is 2.72. The van der Waals surface area contributed by atoms with Crippen molar-refractivity contribution in [1.82, 2.24) is 9.80 Å². The maximum atomic E-state index is 12.5. The van der Waals surface area contributed by atoms with E-state index in [-0.39, 0.29) is 5.91 Å². The van der Waals surface area contributed by atoms with Crippen molar-refractivity contribution < 1.29 is 4.79 Å². The molecule has 1 aromatic rings. The van der Waals surface area contributed by atoms with Crippen LogP contribution in [0.2, 0.25) is 0 Å². The standard InChI is InChI=1S/C16H25N3O/c1-5-17-15-7-6-13(10-12(15)2)16(20)19-9-8-14(11-19)18(3)4/h6-7,10,14,17H,5,8-9,11H2,1-4H3. The van der Waals surface area contributed by atoms with Crippen LogP contribution in [0, 0.1) is 6.92 Å². The first-order chi connectivity index (χ1) is 9.52. The summed E-state index contributed by atoms with van der Waals surface area (Å²) < 4.78 is 0. The van der Waals surface area contributed by atoms with Gasteiger partial charge in [0, 0.05) is 36.9 Å². The molecule has 4 nitrogen and oxygen atoms in total. The second-order valence-corrected chi connectivity index (χ2v) is 5.72. The van der Waals surface area contributed by atoms with E-state index in [9.17, 15) is 4.79 Å². The molecule has 0 radical (unpaired) electrons. The molecule has 1 aliphatic rings. The first kappa shape index (κ1) is 14.9. The summed E-state index contributed by atoms with van der Waals surface area (Å²) in [5.74, 6) is 0.153. The molecule has 4 heteroatoms. The van der Waals surface area contributed by atoms with Crippen molar-refractivity contribution in [3.8, 4) is 0 Å². The zero-order valence-electron chi connectivity index (χ0n) is 12.9. The number of nitrogens with one attached hydrogen (secondary N) is 1. The van der Waals surface area contributed by atoms with Crippen LogP contribution in [0.4, 0.5) is 5.69 Å². The van der Waals surface area contributed by atoms with Gasteiger partial charge in [-0.1, -0.05) is 0 Å². The lowest BCUT2D eigenvalue weighted by Crippen LogP contribution is -2.34. The zero-order valence-corrected chi connectivity index (χ0v) is 12.9. The highest BCUT2D eigenvalue weighted by atomic mass is 16.2. The Morgan fingerprint density at radius 1 is 1.45 bits per heavy atom. The third-order valence-electron chi connectivity index (χ3n) is 4.02. The summed E-state index contributed by atoms with van der Waals surface area (Å²) in [6.45, 7) is 6.70. The summed E-state index contributed by atoms with van der Waals surface area (Å²) in [6.07, 6.45) is 1.06. The highest BCUT2D eigenvalue weighted by Crippen LogP contribution is 2.20. The van der Waals surface area contributed by atoms with E-state index < -0.39 is 0 Å². The van der Waals surface area contributed by atoms with Crippen molar-refractivity contribution in [3.63, 3.8) is 0 Å². The molecule has 0 aliphatic carbocycles. The normalized spacial score (nSPS) is 18.6. The first-order valence-electron chi connectivity index (χ1n) is 7.33. The van der Waals surface area contributed by atoms with Gasteiger partial charge in [0.2, 0.25) is 0 Å². The van der Waals surface area contributed by atoms with Gasteiger partial charge in [0.05, 0.1) is 0 Å². The van der Waals surface area contributed by atoms with Gasteiger partial charge < -0.3 is 15.1 Å². The number of aryl methyl sites for hydroxylation is 1. The topological polar surface area (TPSA) is 35.6 Å². The maximum Gasteiger partial charge on any atom is 0.253 e. The second kappa shape index (κ2) is 6.27. The number of nitrogens with zero attached hydrogens (tertiary/aromatic N) is 2. The molecule has 0 aromatic heterocycles. The summed E-state index contributed by atoms with van der Waals surface area (Å²) in [6, 6.07) is 6.41. The van der Waals surface area contributed by atoms with E-state index in [1.165, 1.54) is 0 Å². The third kappa shape index (κ3) is 3.12. The average Bonchev–Trinajstić information content (AvgIpc) is 2.90. The summed E-state index contributed by atoms with van der Waals surface area (Å²) in [5.41, 5.74) is 3.03. The molecular formula is C16H25N3O. The van der Waals surface area contributed by atoms with E-state index in [0.717, 1.165) is 42.9 Å². The molecule has 1 N–H and O–H groups in total. The van der Waals surface area contributed by atoms with Crippen LogP contribution < -0.4 is 5.32 Å². The van der Waals surface area contributed by atoms with Gasteiger partial charge in [-0.05, 0) is 58.1 Å². The van der Waals surface area contributed by atoms with E-state index >= 15 is 0 Å². The third-order valence-corrected chi connectivity index (χ3v) is 4.02. The summed E-state index contributed by atoms with van der Waals surface area (Å²) >= 11 is 0. The van der Waals surface area contributed by atoms with Gasteiger partial charge in [-0.25, -0.2) is 0 Å². The van der Waals surface area contributed by atoms with Crippen molar-refractivity contribution in [3.05, 3.63) is 29.3 Å². The maximum absolute atomic E-state index is 12.5. The molecule has 1 saturated heterocycles. The zero-order chi connectivity index (χ0) is 14.7. The molecular weight excluding hydrogens is 250 g/mol. The Kier molecular flexibility index (Phi) is 4.65. The van der Waals surface area contributed by atoms with Crippen molar-refractivity contribution in [2.75, 3.05) is 39.0 Å². The second-order valence-electron chi connectivity index (χ2n) is 5.72. The van der Waals surface area contributed by atoms with Gasteiger partial charge in [-0.15, -0.1) is 0 Å². The van der Waals surface area contributed by atoms with E-state index in [4.69, 9.17) is 0 Å². The molecule has 1 amide bonds. The molecule has 110 valence electrons. The molecule has 1 unspecified atom stereocenters. The molecule has 1 fully saturated rings. The predicted molar refractivity (Wildman–Crippen MR) is 83.3 cm³/mol. The van der Waals surface area contributed by atoms with Crippen molar-refractivity contribution in [2.24, 2.45) is 0 Å². The fraction of sp³-hybridized carbons (Fsp3) is 0.562. The largest absolute Gasteiger partial charge is 0.385 e. The molecule has 1 aliphatic heterocycles. The van der Waals surface area contributed by atoms with Crippen molar-refractivity contribution in [1.29, 1.82) is 0 Å². The monoisotopic (exact) mass is 275 g/mol. The molecule has 0 bridgehead atoms.